The maximum absolute atomic E-state index is 13.2. The fourth-order valence-corrected chi connectivity index (χ4v) is 4.86. The molecule has 168 valence electrons. The van der Waals surface area contributed by atoms with Crippen molar-refractivity contribution in [2.45, 2.75) is 37.9 Å². The average molecular weight is 444 g/mol. The van der Waals surface area contributed by atoms with Gasteiger partial charge in [-0.2, -0.15) is 17.7 Å². The molecule has 1 saturated heterocycles. The van der Waals surface area contributed by atoms with E-state index in [0.29, 0.717) is 31.7 Å². The Kier molecular flexibility index (Phi) is 5.02. The molecule has 1 amide bonds. The highest BCUT2D eigenvalue weighted by Crippen LogP contribution is 2.36. The number of nitrogens with zero attached hydrogens (tertiary/aromatic N) is 6. The first-order valence-electron chi connectivity index (χ1n) is 10.7. The van der Waals surface area contributed by atoms with E-state index in [1.807, 2.05) is 29.0 Å². The zero-order valence-corrected chi connectivity index (χ0v) is 17.6. The largest absolute Gasteiger partial charge is 0.453 e. The Hall–Kier alpha value is -3.17. The van der Waals surface area contributed by atoms with Crippen LogP contribution in [0.5, 0.6) is 0 Å². The number of hydrogen-bond donors (Lipinski definition) is 0. The maximum atomic E-state index is 13.2. The van der Waals surface area contributed by atoms with Gasteiger partial charge in [0.2, 0.25) is 5.91 Å². The molecule has 7 nitrogen and oxygen atoms in total. The Morgan fingerprint density at radius 2 is 1.81 bits per heavy atom. The standard InChI is InChI=1S/C22H23F3N6O/c1-29(17-7-6-14-4-2-3-5-16(14)17)20(32)15-10-12-30(13-11-15)19-9-8-18-26-27-21(22(23,24)25)31(18)28-19/h2-5,8-9,15,17H,6-7,10-13H2,1H3. The lowest BCUT2D eigenvalue weighted by molar-refractivity contribution is -0.146. The highest BCUT2D eigenvalue weighted by molar-refractivity contribution is 5.79. The Labute approximate surface area is 182 Å². The van der Waals surface area contributed by atoms with E-state index in [2.05, 4.69) is 27.4 Å². The normalized spacial score (nSPS) is 19.4. The monoisotopic (exact) mass is 444 g/mol. The van der Waals surface area contributed by atoms with Crippen LogP contribution in [-0.2, 0) is 17.4 Å². The highest BCUT2D eigenvalue weighted by atomic mass is 19.4. The molecular formula is C22H23F3N6O. The minimum absolute atomic E-state index is 0.0459. The molecule has 1 fully saturated rings. The number of carbonyl (C=O) groups excluding carboxylic acids is 1. The van der Waals surface area contributed by atoms with Crippen molar-refractivity contribution in [3.8, 4) is 0 Å². The van der Waals surface area contributed by atoms with Gasteiger partial charge in [-0.15, -0.1) is 15.3 Å². The summed E-state index contributed by atoms with van der Waals surface area (Å²) in [6.07, 6.45) is -1.45. The van der Waals surface area contributed by atoms with Crippen molar-refractivity contribution in [2.75, 3.05) is 25.0 Å². The molecule has 0 radical (unpaired) electrons. The Morgan fingerprint density at radius 1 is 1.06 bits per heavy atom. The van der Waals surface area contributed by atoms with Crippen LogP contribution in [0.2, 0.25) is 0 Å². The van der Waals surface area contributed by atoms with Gasteiger partial charge in [0.05, 0.1) is 6.04 Å². The van der Waals surface area contributed by atoms with Crippen LogP contribution in [-0.4, -0.2) is 50.8 Å². The molecule has 1 atom stereocenters. The number of piperidine rings is 1. The van der Waals surface area contributed by atoms with Gasteiger partial charge in [0.25, 0.3) is 5.82 Å². The molecule has 0 N–H and O–H groups in total. The second-order valence-electron chi connectivity index (χ2n) is 8.45. The lowest BCUT2D eigenvalue weighted by Crippen LogP contribution is -2.42. The van der Waals surface area contributed by atoms with Crippen molar-refractivity contribution < 1.29 is 18.0 Å². The van der Waals surface area contributed by atoms with E-state index >= 15 is 0 Å². The second kappa shape index (κ2) is 7.75. The molecule has 3 heterocycles. The minimum Gasteiger partial charge on any atom is -0.355 e. The van der Waals surface area contributed by atoms with Crippen LogP contribution in [0, 0.1) is 5.92 Å². The lowest BCUT2D eigenvalue weighted by Gasteiger charge is -2.35. The minimum atomic E-state index is -4.63. The van der Waals surface area contributed by atoms with Gasteiger partial charge >= 0.3 is 6.18 Å². The van der Waals surface area contributed by atoms with E-state index in [4.69, 9.17) is 0 Å². The molecule has 32 heavy (non-hydrogen) atoms. The van der Waals surface area contributed by atoms with E-state index < -0.39 is 12.0 Å². The summed E-state index contributed by atoms with van der Waals surface area (Å²) in [5.41, 5.74) is 2.58. The predicted molar refractivity (Wildman–Crippen MR) is 111 cm³/mol. The number of anilines is 1. The maximum Gasteiger partial charge on any atom is 0.453 e. The van der Waals surface area contributed by atoms with E-state index in [0.717, 1.165) is 17.4 Å². The smallest absolute Gasteiger partial charge is 0.355 e. The summed E-state index contributed by atoms with van der Waals surface area (Å²) in [4.78, 5) is 17.0. The molecule has 1 unspecified atom stereocenters. The Morgan fingerprint density at radius 3 is 2.56 bits per heavy atom. The van der Waals surface area contributed by atoms with Crippen molar-refractivity contribution in [3.05, 3.63) is 53.3 Å². The number of benzene rings is 1. The molecule has 5 rings (SSSR count). The molecule has 2 aliphatic rings. The molecule has 2 aromatic heterocycles. The van der Waals surface area contributed by atoms with Crippen LogP contribution in [0.3, 0.4) is 0 Å². The van der Waals surface area contributed by atoms with E-state index in [-0.39, 0.29) is 23.5 Å². The quantitative estimate of drug-likeness (QED) is 0.619. The van der Waals surface area contributed by atoms with Crippen LogP contribution in [0.15, 0.2) is 36.4 Å². The summed E-state index contributed by atoms with van der Waals surface area (Å²) < 4.78 is 40.2. The van der Waals surface area contributed by atoms with Crippen molar-refractivity contribution in [2.24, 2.45) is 5.92 Å². The number of hydrogen-bond acceptors (Lipinski definition) is 5. The number of aromatic nitrogens is 4. The lowest BCUT2D eigenvalue weighted by atomic mass is 9.94. The Bertz CT molecular complexity index is 1150. The third-order valence-electron chi connectivity index (χ3n) is 6.59. The fraction of sp³-hybridized carbons (Fsp3) is 0.455. The van der Waals surface area contributed by atoms with Gasteiger partial charge in [0, 0.05) is 26.1 Å². The van der Waals surface area contributed by atoms with Gasteiger partial charge in [0.15, 0.2) is 5.65 Å². The average Bonchev–Trinajstić information content (AvgIpc) is 3.42. The van der Waals surface area contributed by atoms with E-state index in [1.165, 1.54) is 17.2 Å². The molecule has 3 aromatic rings. The van der Waals surface area contributed by atoms with Crippen LogP contribution >= 0.6 is 0 Å². The molecule has 0 saturated carbocycles. The molecule has 0 bridgehead atoms. The van der Waals surface area contributed by atoms with Gasteiger partial charge < -0.3 is 9.80 Å². The molecule has 0 spiro atoms. The van der Waals surface area contributed by atoms with Gasteiger partial charge in [-0.05, 0) is 48.9 Å². The molecular weight excluding hydrogens is 421 g/mol. The fourth-order valence-electron chi connectivity index (χ4n) is 4.86. The summed E-state index contributed by atoms with van der Waals surface area (Å²) in [5, 5.41) is 10.9. The van der Waals surface area contributed by atoms with Crippen LogP contribution < -0.4 is 4.90 Å². The van der Waals surface area contributed by atoms with Gasteiger partial charge in [0.1, 0.15) is 5.82 Å². The molecule has 1 aliphatic heterocycles. The number of amides is 1. The van der Waals surface area contributed by atoms with E-state index in [1.54, 1.807) is 6.07 Å². The topological polar surface area (TPSA) is 66.6 Å². The van der Waals surface area contributed by atoms with Crippen molar-refractivity contribution in [3.63, 3.8) is 0 Å². The molecule has 1 aromatic carbocycles. The number of fused-ring (bicyclic) bond motifs is 2. The zero-order chi connectivity index (χ0) is 22.5. The summed E-state index contributed by atoms with van der Waals surface area (Å²) in [7, 11) is 1.88. The number of halogens is 3. The number of aryl methyl sites for hydroxylation is 1. The first kappa shape index (κ1) is 20.7. The van der Waals surface area contributed by atoms with Crippen molar-refractivity contribution >= 4 is 17.4 Å². The van der Waals surface area contributed by atoms with E-state index in [9.17, 15) is 18.0 Å². The van der Waals surface area contributed by atoms with Crippen molar-refractivity contribution in [1.29, 1.82) is 0 Å². The van der Waals surface area contributed by atoms with Crippen LogP contribution in [0.1, 0.15) is 42.3 Å². The number of alkyl halides is 3. The second-order valence-corrected chi connectivity index (χ2v) is 8.45. The van der Waals surface area contributed by atoms with Gasteiger partial charge in [-0.25, -0.2) is 0 Å². The summed E-state index contributed by atoms with van der Waals surface area (Å²) in [6.45, 7) is 1.10. The van der Waals surface area contributed by atoms with Crippen LogP contribution in [0.4, 0.5) is 19.0 Å². The highest BCUT2D eigenvalue weighted by Gasteiger charge is 2.38. The summed E-state index contributed by atoms with van der Waals surface area (Å²) >= 11 is 0. The number of rotatable bonds is 3. The van der Waals surface area contributed by atoms with Gasteiger partial charge in [-0.1, -0.05) is 24.3 Å². The molecule has 10 heteroatoms. The number of carbonyl (C=O) groups is 1. The molecule has 1 aliphatic carbocycles. The summed E-state index contributed by atoms with van der Waals surface area (Å²) in [6, 6.07) is 11.5. The first-order valence-corrected chi connectivity index (χ1v) is 10.7. The third kappa shape index (κ3) is 3.57. The van der Waals surface area contributed by atoms with Gasteiger partial charge in [-0.3, -0.25) is 4.79 Å². The predicted octanol–water partition coefficient (Wildman–Crippen LogP) is 3.51. The zero-order valence-electron chi connectivity index (χ0n) is 17.6. The Balaban J connectivity index is 1.27. The third-order valence-corrected chi connectivity index (χ3v) is 6.59. The van der Waals surface area contributed by atoms with Crippen molar-refractivity contribution in [1.82, 2.24) is 24.7 Å². The SMILES string of the molecule is CN(C(=O)C1CCN(c2ccc3nnc(C(F)(F)F)n3n2)CC1)C1CCc2ccccc21. The first-order chi connectivity index (χ1) is 15.3. The summed E-state index contributed by atoms with van der Waals surface area (Å²) in [5.74, 6) is -0.689. The van der Waals surface area contributed by atoms with Crippen LogP contribution in [0.25, 0.3) is 5.65 Å².